The predicted octanol–water partition coefficient (Wildman–Crippen LogP) is 1.91. The van der Waals surface area contributed by atoms with E-state index in [2.05, 4.69) is 33.0 Å². The first kappa shape index (κ1) is 11.8. The zero-order valence-electron chi connectivity index (χ0n) is 9.74. The summed E-state index contributed by atoms with van der Waals surface area (Å²) < 4.78 is 0. The number of fused-ring (bicyclic) bond motifs is 2. The maximum absolute atomic E-state index is 5.22. The van der Waals surface area contributed by atoms with E-state index in [0.717, 1.165) is 10.9 Å². The van der Waals surface area contributed by atoms with Crippen molar-refractivity contribution >= 4 is 34.9 Å². The van der Waals surface area contributed by atoms with Gasteiger partial charge in [-0.3, -0.25) is 5.43 Å². The molecule has 6 heteroatoms. The third kappa shape index (κ3) is 2.59. The second-order valence-electron chi connectivity index (χ2n) is 4.60. The van der Waals surface area contributed by atoms with Crippen molar-refractivity contribution in [2.75, 3.05) is 0 Å². The molecule has 0 spiro atoms. The van der Waals surface area contributed by atoms with Crippen LogP contribution in [-0.4, -0.2) is 22.4 Å². The number of hydrogen-bond acceptors (Lipinski definition) is 4. The highest BCUT2D eigenvalue weighted by Gasteiger charge is 2.35. The molecular formula is C12H14N4S2. The van der Waals surface area contributed by atoms with Crippen molar-refractivity contribution in [1.29, 1.82) is 0 Å². The van der Waals surface area contributed by atoms with Gasteiger partial charge in [-0.05, 0) is 36.9 Å². The third-order valence-corrected chi connectivity index (χ3v) is 4.31. The molecule has 94 valence electrons. The van der Waals surface area contributed by atoms with Crippen LogP contribution < -0.4 is 10.7 Å². The van der Waals surface area contributed by atoms with E-state index < -0.39 is 0 Å². The minimum absolute atomic E-state index is 0.468. The van der Waals surface area contributed by atoms with Crippen LogP contribution in [0.2, 0.25) is 0 Å². The number of allylic oxidation sites excluding steroid dienone is 1. The zero-order chi connectivity index (χ0) is 12.4. The molecule has 1 aromatic rings. The highest BCUT2D eigenvalue weighted by Crippen LogP contribution is 2.38. The van der Waals surface area contributed by atoms with Gasteiger partial charge in [-0.1, -0.05) is 12.2 Å². The lowest BCUT2D eigenvalue weighted by molar-refractivity contribution is 0.521. The summed E-state index contributed by atoms with van der Waals surface area (Å²) in [6, 6.07) is 0.468. The van der Waals surface area contributed by atoms with Gasteiger partial charge in [0.15, 0.2) is 5.11 Å². The van der Waals surface area contributed by atoms with Crippen LogP contribution in [-0.2, 0) is 0 Å². The summed E-state index contributed by atoms with van der Waals surface area (Å²) in [6.45, 7) is 0. The molecule has 1 fully saturated rings. The van der Waals surface area contributed by atoms with Crippen LogP contribution in [0.3, 0.4) is 0 Å². The van der Waals surface area contributed by atoms with Gasteiger partial charge in [0, 0.05) is 17.6 Å². The summed E-state index contributed by atoms with van der Waals surface area (Å²) in [5.41, 5.74) is 2.84. The van der Waals surface area contributed by atoms with E-state index >= 15 is 0 Å². The van der Waals surface area contributed by atoms with E-state index in [1.54, 1.807) is 23.7 Å². The van der Waals surface area contributed by atoms with Crippen molar-refractivity contribution in [2.24, 2.45) is 16.9 Å². The first-order valence-corrected chi connectivity index (χ1v) is 7.27. The molecule has 2 aliphatic carbocycles. The number of nitrogens with one attached hydrogen (secondary N) is 2. The van der Waals surface area contributed by atoms with Crippen LogP contribution in [0.1, 0.15) is 17.8 Å². The molecular weight excluding hydrogens is 264 g/mol. The van der Waals surface area contributed by atoms with Crippen LogP contribution in [0.15, 0.2) is 28.8 Å². The zero-order valence-corrected chi connectivity index (χ0v) is 11.4. The summed E-state index contributed by atoms with van der Waals surface area (Å²) in [4.78, 5) is 4.10. The summed E-state index contributed by atoms with van der Waals surface area (Å²) in [6.07, 6.45) is 10.5. The van der Waals surface area contributed by atoms with Gasteiger partial charge in [0.05, 0.1) is 6.21 Å². The van der Waals surface area contributed by atoms with E-state index in [9.17, 15) is 0 Å². The molecule has 1 aromatic heterocycles. The maximum atomic E-state index is 5.22. The van der Waals surface area contributed by atoms with E-state index in [1.807, 2.05) is 5.38 Å². The summed E-state index contributed by atoms with van der Waals surface area (Å²) in [5.74, 6) is 1.38. The Morgan fingerprint density at radius 1 is 1.50 bits per heavy atom. The van der Waals surface area contributed by atoms with Crippen LogP contribution >= 0.6 is 23.6 Å². The second-order valence-corrected chi connectivity index (χ2v) is 5.93. The number of thiocarbonyl (C=S) groups is 1. The number of hydrazone groups is 1. The molecule has 1 heterocycles. The Kier molecular flexibility index (Phi) is 3.38. The van der Waals surface area contributed by atoms with E-state index in [4.69, 9.17) is 12.2 Å². The van der Waals surface area contributed by atoms with Gasteiger partial charge in [0.2, 0.25) is 0 Å². The standard InChI is InChI=1S/C12H14N4S2/c17-12(16-14-7-11-13-3-4-18-11)15-10-6-8-1-2-9(10)5-8/h1-4,7-10H,5-6H2,(H2,15,16,17). The molecule has 1 saturated carbocycles. The molecule has 2 N–H and O–H groups in total. The fourth-order valence-corrected chi connectivity index (χ4v) is 3.29. The quantitative estimate of drug-likeness (QED) is 0.384. The van der Waals surface area contributed by atoms with Crippen LogP contribution in [0.4, 0.5) is 0 Å². The van der Waals surface area contributed by atoms with Crippen LogP contribution in [0.25, 0.3) is 0 Å². The van der Waals surface area contributed by atoms with Crippen molar-refractivity contribution in [3.63, 3.8) is 0 Å². The Hall–Kier alpha value is -1.27. The van der Waals surface area contributed by atoms with Gasteiger partial charge in [-0.25, -0.2) is 4.98 Å². The van der Waals surface area contributed by atoms with Gasteiger partial charge >= 0.3 is 0 Å². The van der Waals surface area contributed by atoms with Crippen molar-refractivity contribution < 1.29 is 0 Å². The minimum atomic E-state index is 0.468. The van der Waals surface area contributed by atoms with Crippen molar-refractivity contribution in [1.82, 2.24) is 15.7 Å². The number of aromatic nitrogens is 1. The molecule has 18 heavy (non-hydrogen) atoms. The molecule has 3 atom stereocenters. The third-order valence-electron chi connectivity index (χ3n) is 3.39. The van der Waals surface area contributed by atoms with Gasteiger partial charge in [0.25, 0.3) is 0 Å². The van der Waals surface area contributed by atoms with E-state index in [0.29, 0.717) is 17.1 Å². The number of nitrogens with zero attached hydrogens (tertiary/aromatic N) is 2. The largest absolute Gasteiger partial charge is 0.358 e. The molecule has 2 bridgehead atoms. The van der Waals surface area contributed by atoms with E-state index in [-0.39, 0.29) is 0 Å². The summed E-state index contributed by atoms with van der Waals surface area (Å²) >= 11 is 6.77. The maximum Gasteiger partial charge on any atom is 0.187 e. The first-order valence-electron chi connectivity index (χ1n) is 5.98. The van der Waals surface area contributed by atoms with Gasteiger partial charge in [-0.15, -0.1) is 11.3 Å². The number of rotatable bonds is 3. The van der Waals surface area contributed by atoms with Crippen molar-refractivity contribution in [2.45, 2.75) is 18.9 Å². The number of hydrogen-bond donors (Lipinski definition) is 2. The molecule has 0 aliphatic heterocycles. The Balaban J connectivity index is 1.46. The van der Waals surface area contributed by atoms with Crippen molar-refractivity contribution in [3.05, 3.63) is 28.7 Å². The highest BCUT2D eigenvalue weighted by molar-refractivity contribution is 7.80. The molecule has 3 rings (SSSR count). The topological polar surface area (TPSA) is 49.3 Å². The fourth-order valence-electron chi connectivity index (χ4n) is 2.59. The van der Waals surface area contributed by atoms with Gasteiger partial charge < -0.3 is 5.32 Å². The minimum Gasteiger partial charge on any atom is -0.358 e. The van der Waals surface area contributed by atoms with Crippen molar-refractivity contribution in [3.8, 4) is 0 Å². The highest BCUT2D eigenvalue weighted by atomic mass is 32.1. The van der Waals surface area contributed by atoms with E-state index in [1.165, 1.54) is 12.8 Å². The molecule has 2 aliphatic rings. The summed E-state index contributed by atoms with van der Waals surface area (Å²) in [7, 11) is 0. The van der Waals surface area contributed by atoms with Gasteiger partial charge in [-0.2, -0.15) is 5.10 Å². The number of thiazole rings is 1. The Morgan fingerprint density at radius 2 is 2.44 bits per heavy atom. The average Bonchev–Trinajstić information content (AvgIpc) is 3.04. The van der Waals surface area contributed by atoms with Crippen LogP contribution in [0.5, 0.6) is 0 Å². The molecule has 3 unspecified atom stereocenters. The first-order chi connectivity index (χ1) is 8.81. The Morgan fingerprint density at radius 3 is 3.11 bits per heavy atom. The predicted molar refractivity (Wildman–Crippen MR) is 77.7 cm³/mol. The second kappa shape index (κ2) is 5.16. The normalized spacial score (nSPS) is 29.0. The monoisotopic (exact) mass is 278 g/mol. The fraction of sp³-hybridized carbons (Fsp3) is 0.417. The SMILES string of the molecule is S=C(NN=Cc1nccs1)NC1CC2C=CC1C2. The molecule has 4 nitrogen and oxygen atoms in total. The molecule has 0 saturated heterocycles. The molecule has 0 amide bonds. The lowest BCUT2D eigenvalue weighted by atomic mass is 10.0. The molecule has 0 aromatic carbocycles. The average molecular weight is 278 g/mol. The lowest BCUT2D eigenvalue weighted by Gasteiger charge is -2.20. The van der Waals surface area contributed by atoms with Gasteiger partial charge in [0.1, 0.15) is 5.01 Å². The Labute approximate surface area is 115 Å². The molecule has 0 radical (unpaired) electrons. The van der Waals surface area contributed by atoms with Crippen LogP contribution in [0, 0.1) is 11.8 Å². The smallest absolute Gasteiger partial charge is 0.187 e. The lowest BCUT2D eigenvalue weighted by Crippen LogP contribution is -2.42. The Bertz CT molecular complexity index is 480. The summed E-state index contributed by atoms with van der Waals surface area (Å²) in [5, 5.41) is 10.8.